The van der Waals surface area contributed by atoms with Crippen LogP contribution in [0.5, 0.6) is 5.75 Å². The lowest BCUT2D eigenvalue weighted by atomic mass is 9.64. The van der Waals surface area contributed by atoms with E-state index in [4.69, 9.17) is 4.74 Å². The molecule has 2 aromatic carbocycles. The van der Waals surface area contributed by atoms with Gasteiger partial charge >= 0.3 is 5.97 Å². The van der Waals surface area contributed by atoms with E-state index in [9.17, 15) is 13.6 Å². The first kappa shape index (κ1) is 24.3. The molecule has 34 heavy (non-hydrogen) atoms. The molecule has 4 atom stereocenters. The van der Waals surface area contributed by atoms with Gasteiger partial charge < -0.3 is 4.74 Å². The van der Waals surface area contributed by atoms with Crippen molar-refractivity contribution >= 4 is 5.97 Å². The number of halogens is 3. The van der Waals surface area contributed by atoms with Crippen LogP contribution in [0.4, 0.5) is 13.2 Å². The van der Waals surface area contributed by atoms with Crippen LogP contribution in [-0.4, -0.2) is 5.97 Å². The standard InChI is InChI=1S/C29H31F3O2/c1-3-5-6-25-27(31)16-23(17-28(25)32)34-29(33)22-11-12-24(26(30)15-22)21-10-9-19-13-18(4-2)7-8-20(19)14-21/h3-4,11-12,15-21H,1-2,5-10,13-14H2. The number of benzene rings is 2. The Morgan fingerprint density at radius 2 is 1.65 bits per heavy atom. The molecule has 2 aliphatic rings. The van der Waals surface area contributed by atoms with Gasteiger partial charge in [0.05, 0.1) is 5.56 Å². The number of carbonyl (C=O) groups is 1. The largest absolute Gasteiger partial charge is 0.423 e. The summed E-state index contributed by atoms with van der Waals surface area (Å²) in [7, 11) is 0. The predicted molar refractivity (Wildman–Crippen MR) is 127 cm³/mol. The van der Waals surface area contributed by atoms with E-state index in [2.05, 4.69) is 19.2 Å². The maximum Gasteiger partial charge on any atom is 0.343 e. The lowest BCUT2D eigenvalue weighted by Crippen LogP contribution is -2.30. The second-order valence-corrected chi connectivity index (χ2v) is 9.66. The quantitative estimate of drug-likeness (QED) is 0.234. The van der Waals surface area contributed by atoms with Crippen molar-refractivity contribution in [3.63, 3.8) is 0 Å². The third-order valence-electron chi connectivity index (χ3n) is 7.59. The first-order chi connectivity index (χ1) is 16.4. The van der Waals surface area contributed by atoms with Crippen LogP contribution in [-0.2, 0) is 6.42 Å². The van der Waals surface area contributed by atoms with E-state index in [0.29, 0.717) is 29.7 Å². The van der Waals surface area contributed by atoms with Gasteiger partial charge in [-0.05, 0) is 92.7 Å². The summed E-state index contributed by atoms with van der Waals surface area (Å²) in [6.45, 7) is 7.48. The van der Waals surface area contributed by atoms with E-state index in [0.717, 1.165) is 44.2 Å². The Morgan fingerprint density at radius 1 is 0.941 bits per heavy atom. The molecule has 0 heterocycles. The van der Waals surface area contributed by atoms with Crippen molar-refractivity contribution in [3.05, 3.63) is 89.8 Å². The fourth-order valence-electron chi connectivity index (χ4n) is 5.70. The van der Waals surface area contributed by atoms with E-state index >= 15 is 4.39 Å². The van der Waals surface area contributed by atoms with Crippen LogP contribution < -0.4 is 4.74 Å². The summed E-state index contributed by atoms with van der Waals surface area (Å²) in [4.78, 5) is 12.5. The maximum atomic E-state index is 15.0. The van der Waals surface area contributed by atoms with Crippen LogP contribution in [0.25, 0.3) is 0 Å². The number of carbonyl (C=O) groups excluding carboxylic acids is 1. The van der Waals surface area contributed by atoms with Crippen LogP contribution in [0.1, 0.15) is 72.3 Å². The molecule has 0 saturated heterocycles. The fourth-order valence-corrected chi connectivity index (χ4v) is 5.70. The zero-order valence-electron chi connectivity index (χ0n) is 19.4. The van der Waals surface area contributed by atoms with E-state index in [1.54, 1.807) is 12.1 Å². The first-order valence-corrected chi connectivity index (χ1v) is 12.1. The zero-order valence-corrected chi connectivity index (χ0v) is 19.4. The molecule has 180 valence electrons. The molecule has 0 radical (unpaired) electrons. The Morgan fingerprint density at radius 3 is 2.32 bits per heavy atom. The van der Waals surface area contributed by atoms with Crippen molar-refractivity contribution < 1.29 is 22.7 Å². The lowest BCUT2D eigenvalue weighted by Gasteiger charge is -2.41. The molecule has 0 aliphatic heterocycles. The van der Waals surface area contributed by atoms with Gasteiger partial charge in [0.15, 0.2) is 0 Å². The van der Waals surface area contributed by atoms with Gasteiger partial charge in [-0.15, -0.1) is 13.2 Å². The Balaban J connectivity index is 1.43. The second-order valence-electron chi connectivity index (χ2n) is 9.66. The van der Waals surface area contributed by atoms with Gasteiger partial charge in [0.1, 0.15) is 23.2 Å². The SMILES string of the molecule is C=CCCc1c(F)cc(OC(=O)c2ccc(C3CCC4CC(C=C)CCC4C3)c(F)c2)cc1F. The summed E-state index contributed by atoms with van der Waals surface area (Å²) < 4.78 is 48.6. The van der Waals surface area contributed by atoms with Gasteiger partial charge in [0.25, 0.3) is 0 Å². The topological polar surface area (TPSA) is 26.3 Å². The number of fused-ring (bicyclic) bond motifs is 1. The van der Waals surface area contributed by atoms with Crippen LogP contribution in [0.2, 0.25) is 0 Å². The van der Waals surface area contributed by atoms with Crippen LogP contribution in [0.15, 0.2) is 55.6 Å². The number of hydrogen-bond donors (Lipinski definition) is 0. The van der Waals surface area contributed by atoms with E-state index in [1.165, 1.54) is 18.6 Å². The van der Waals surface area contributed by atoms with Crippen LogP contribution >= 0.6 is 0 Å². The molecule has 5 heteroatoms. The molecular formula is C29H31F3O2. The second kappa shape index (κ2) is 10.6. The summed E-state index contributed by atoms with van der Waals surface area (Å²) in [6.07, 6.45) is 10.7. The van der Waals surface area contributed by atoms with Gasteiger partial charge in [0.2, 0.25) is 0 Å². The smallest absolute Gasteiger partial charge is 0.343 e. The highest BCUT2D eigenvalue weighted by Gasteiger charge is 2.36. The van der Waals surface area contributed by atoms with E-state index in [-0.39, 0.29) is 29.2 Å². The molecule has 2 aliphatic carbocycles. The van der Waals surface area contributed by atoms with Crippen molar-refractivity contribution in [3.8, 4) is 5.75 Å². The molecule has 2 fully saturated rings. The number of rotatable bonds is 7. The molecule has 0 aromatic heterocycles. The number of ether oxygens (including phenoxy) is 1. The summed E-state index contributed by atoms with van der Waals surface area (Å²) in [5.41, 5.74) is 0.560. The predicted octanol–water partition coefficient (Wildman–Crippen LogP) is 7.93. The highest BCUT2D eigenvalue weighted by Crippen LogP contribution is 2.48. The Labute approximate surface area is 199 Å². The highest BCUT2D eigenvalue weighted by molar-refractivity contribution is 5.91. The fraction of sp³-hybridized carbons (Fsp3) is 0.414. The van der Waals surface area contributed by atoms with E-state index < -0.39 is 23.4 Å². The van der Waals surface area contributed by atoms with Crippen molar-refractivity contribution in [2.24, 2.45) is 17.8 Å². The summed E-state index contributed by atoms with van der Waals surface area (Å²) in [6, 6.07) is 6.31. The minimum Gasteiger partial charge on any atom is -0.423 e. The third kappa shape index (κ3) is 5.29. The van der Waals surface area contributed by atoms with Gasteiger partial charge in [-0.25, -0.2) is 18.0 Å². The Hall–Kier alpha value is -2.82. The normalized spacial score (nSPS) is 24.2. The monoisotopic (exact) mass is 468 g/mol. The van der Waals surface area contributed by atoms with Crippen molar-refractivity contribution in [2.45, 2.75) is 57.3 Å². The molecule has 4 rings (SSSR count). The molecule has 0 N–H and O–H groups in total. The van der Waals surface area contributed by atoms with Gasteiger partial charge in [-0.1, -0.05) is 18.2 Å². The van der Waals surface area contributed by atoms with E-state index in [1.807, 2.05) is 0 Å². The molecule has 2 aromatic rings. The van der Waals surface area contributed by atoms with Crippen molar-refractivity contribution in [2.75, 3.05) is 0 Å². The lowest BCUT2D eigenvalue weighted by molar-refractivity contribution is 0.0733. The summed E-state index contributed by atoms with van der Waals surface area (Å²) in [5, 5.41) is 0. The zero-order chi connectivity index (χ0) is 24.2. The van der Waals surface area contributed by atoms with Gasteiger partial charge in [0, 0.05) is 17.7 Å². The minimum absolute atomic E-state index is 0.0120. The van der Waals surface area contributed by atoms with Crippen molar-refractivity contribution in [1.82, 2.24) is 0 Å². The number of hydrogen-bond acceptors (Lipinski definition) is 2. The number of allylic oxidation sites excluding steroid dienone is 2. The van der Waals surface area contributed by atoms with Gasteiger partial charge in [-0.3, -0.25) is 0 Å². The molecule has 2 saturated carbocycles. The molecule has 0 spiro atoms. The third-order valence-corrected chi connectivity index (χ3v) is 7.59. The molecule has 4 unspecified atom stereocenters. The molecular weight excluding hydrogens is 437 g/mol. The van der Waals surface area contributed by atoms with Crippen LogP contribution in [0.3, 0.4) is 0 Å². The Bertz CT molecular complexity index is 1050. The molecule has 2 nitrogen and oxygen atoms in total. The average Bonchev–Trinajstić information content (AvgIpc) is 2.82. The average molecular weight is 469 g/mol. The van der Waals surface area contributed by atoms with Crippen molar-refractivity contribution in [1.29, 1.82) is 0 Å². The Kier molecular flexibility index (Phi) is 7.60. The summed E-state index contributed by atoms with van der Waals surface area (Å²) >= 11 is 0. The highest BCUT2D eigenvalue weighted by atomic mass is 19.1. The van der Waals surface area contributed by atoms with Gasteiger partial charge in [-0.2, -0.15) is 0 Å². The number of esters is 1. The first-order valence-electron chi connectivity index (χ1n) is 12.1. The summed E-state index contributed by atoms with van der Waals surface area (Å²) in [5.74, 6) is -1.08. The maximum absolute atomic E-state index is 15.0. The molecule has 0 bridgehead atoms. The minimum atomic E-state index is -0.852. The molecule has 0 amide bonds. The van der Waals surface area contributed by atoms with Crippen LogP contribution in [0, 0.1) is 35.2 Å².